The highest BCUT2D eigenvalue weighted by Crippen LogP contribution is 2.31. The summed E-state index contributed by atoms with van der Waals surface area (Å²) in [5.74, 6) is 1.84. The number of nitrogens with one attached hydrogen (secondary N) is 2. The smallest absolute Gasteiger partial charge is 0.255 e. The van der Waals surface area contributed by atoms with E-state index in [0.717, 1.165) is 16.8 Å². The Balaban J connectivity index is 1.71. The number of anilines is 3. The van der Waals surface area contributed by atoms with Crippen molar-refractivity contribution in [3.63, 3.8) is 0 Å². The van der Waals surface area contributed by atoms with Gasteiger partial charge in [-0.3, -0.25) is 4.79 Å². The average Bonchev–Trinajstić information content (AvgIpc) is 2.71. The van der Waals surface area contributed by atoms with E-state index in [2.05, 4.69) is 15.6 Å². The zero-order valence-electron chi connectivity index (χ0n) is 16.4. The second-order valence-electron chi connectivity index (χ2n) is 6.38. The van der Waals surface area contributed by atoms with E-state index in [1.165, 1.54) is 0 Å². The van der Waals surface area contributed by atoms with Gasteiger partial charge in [-0.1, -0.05) is 6.07 Å². The molecule has 1 aromatic heterocycles. The predicted molar refractivity (Wildman–Crippen MR) is 111 cm³/mol. The molecule has 0 atom stereocenters. The highest BCUT2D eigenvalue weighted by molar-refractivity contribution is 6.04. The van der Waals surface area contributed by atoms with Gasteiger partial charge < -0.3 is 20.1 Å². The summed E-state index contributed by atoms with van der Waals surface area (Å²) >= 11 is 0. The van der Waals surface area contributed by atoms with E-state index < -0.39 is 0 Å². The second kappa shape index (κ2) is 8.43. The minimum atomic E-state index is -0.167. The monoisotopic (exact) mass is 377 g/mol. The molecule has 0 bridgehead atoms. The summed E-state index contributed by atoms with van der Waals surface area (Å²) in [6.07, 6.45) is 1.61. The highest BCUT2D eigenvalue weighted by Gasteiger charge is 2.09. The third-order valence-electron chi connectivity index (χ3n) is 4.46. The van der Waals surface area contributed by atoms with Gasteiger partial charge in [-0.15, -0.1) is 0 Å². The van der Waals surface area contributed by atoms with Crippen molar-refractivity contribution >= 4 is 23.1 Å². The van der Waals surface area contributed by atoms with E-state index in [0.29, 0.717) is 28.6 Å². The number of nitrogens with zero attached hydrogens (tertiary/aromatic N) is 1. The van der Waals surface area contributed by atoms with Crippen LogP contribution in [-0.4, -0.2) is 25.1 Å². The van der Waals surface area contributed by atoms with Gasteiger partial charge in [0.1, 0.15) is 17.3 Å². The lowest BCUT2D eigenvalue weighted by Gasteiger charge is -2.12. The first-order valence-electron chi connectivity index (χ1n) is 8.84. The number of benzene rings is 2. The third kappa shape index (κ3) is 4.40. The summed E-state index contributed by atoms with van der Waals surface area (Å²) in [5.41, 5.74) is 4.21. The number of ether oxygens (including phenoxy) is 2. The molecule has 0 unspecified atom stereocenters. The van der Waals surface area contributed by atoms with Crippen molar-refractivity contribution in [2.75, 3.05) is 24.9 Å². The van der Waals surface area contributed by atoms with E-state index >= 15 is 0 Å². The van der Waals surface area contributed by atoms with E-state index in [-0.39, 0.29) is 5.91 Å². The maximum atomic E-state index is 12.4. The highest BCUT2D eigenvalue weighted by atomic mass is 16.5. The van der Waals surface area contributed by atoms with Crippen molar-refractivity contribution < 1.29 is 14.3 Å². The number of methoxy groups -OCH3 is 2. The molecule has 0 aliphatic rings. The van der Waals surface area contributed by atoms with E-state index in [4.69, 9.17) is 9.47 Å². The van der Waals surface area contributed by atoms with Crippen LogP contribution in [0.25, 0.3) is 0 Å². The van der Waals surface area contributed by atoms with Gasteiger partial charge in [0.15, 0.2) is 0 Å². The Morgan fingerprint density at radius 2 is 1.75 bits per heavy atom. The molecule has 6 nitrogen and oxygen atoms in total. The van der Waals surface area contributed by atoms with Crippen LogP contribution in [-0.2, 0) is 0 Å². The molecule has 0 saturated heterocycles. The lowest BCUT2D eigenvalue weighted by Crippen LogP contribution is -2.12. The predicted octanol–water partition coefficient (Wildman–Crippen LogP) is 4.71. The fraction of sp³-hybridized carbons (Fsp3) is 0.182. The molecule has 144 valence electrons. The molecular formula is C22H23N3O3. The Morgan fingerprint density at radius 3 is 2.39 bits per heavy atom. The maximum Gasteiger partial charge on any atom is 0.255 e. The van der Waals surface area contributed by atoms with Crippen molar-refractivity contribution in [3.05, 3.63) is 71.4 Å². The van der Waals surface area contributed by atoms with Crippen molar-refractivity contribution in [3.8, 4) is 11.5 Å². The van der Waals surface area contributed by atoms with Gasteiger partial charge >= 0.3 is 0 Å². The fourth-order valence-electron chi connectivity index (χ4n) is 2.68. The largest absolute Gasteiger partial charge is 0.497 e. The van der Waals surface area contributed by atoms with Gasteiger partial charge in [-0.05, 0) is 61.4 Å². The molecule has 0 aliphatic carbocycles. The topological polar surface area (TPSA) is 72.5 Å². The van der Waals surface area contributed by atoms with Crippen LogP contribution in [0.15, 0.2) is 54.7 Å². The molecule has 0 saturated carbocycles. The molecule has 2 aromatic carbocycles. The SMILES string of the molecule is COc1ccc(OC)c(Nc2ccc(NC(=O)c3ccc(C)c(C)c3)cn2)c1. The van der Waals surface area contributed by atoms with Crippen molar-refractivity contribution in [1.29, 1.82) is 0 Å². The summed E-state index contributed by atoms with van der Waals surface area (Å²) in [6, 6.07) is 14.7. The minimum Gasteiger partial charge on any atom is -0.497 e. The molecule has 3 rings (SSSR count). The maximum absolute atomic E-state index is 12.4. The normalized spacial score (nSPS) is 10.3. The number of hydrogen-bond acceptors (Lipinski definition) is 5. The summed E-state index contributed by atoms with van der Waals surface area (Å²) in [7, 11) is 3.21. The molecule has 1 heterocycles. The number of aryl methyl sites for hydroxylation is 2. The van der Waals surface area contributed by atoms with Crippen LogP contribution < -0.4 is 20.1 Å². The minimum absolute atomic E-state index is 0.167. The summed E-state index contributed by atoms with van der Waals surface area (Å²) < 4.78 is 10.6. The average molecular weight is 377 g/mol. The third-order valence-corrected chi connectivity index (χ3v) is 4.46. The van der Waals surface area contributed by atoms with E-state index in [9.17, 15) is 4.79 Å². The number of carbonyl (C=O) groups is 1. The van der Waals surface area contributed by atoms with E-state index in [1.54, 1.807) is 32.5 Å². The van der Waals surface area contributed by atoms with Crippen LogP contribution in [0.1, 0.15) is 21.5 Å². The molecule has 3 aromatic rings. The van der Waals surface area contributed by atoms with Crippen LogP contribution in [0.4, 0.5) is 17.2 Å². The fourth-order valence-corrected chi connectivity index (χ4v) is 2.68. The quantitative estimate of drug-likeness (QED) is 0.651. The van der Waals surface area contributed by atoms with Crippen molar-refractivity contribution in [2.45, 2.75) is 13.8 Å². The standard InChI is InChI=1S/C22H23N3O3/c1-14-5-6-16(11-15(14)2)22(26)24-17-7-10-21(23-13-17)25-19-12-18(27-3)8-9-20(19)28-4/h5-13H,1-4H3,(H,23,25)(H,24,26). The van der Waals surface area contributed by atoms with Crippen LogP contribution in [0.3, 0.4) is 0 Å². The first-order chi connectivity index (χ1) is 13.5. The van der Waals surface area contributed by atoms with Crippen molar-refractivity contribution in [1.82, 2.24) is 4.98 Å². The number of rotatable bonds is 6. The number of pyridine rings is 1. The zero-order valence-corrected chi connectivity index (χ0v) is 16.4. The van der Waals surface area contributed by atoms with Crippen LogP contribution in [0, 0.1) is 13.8 Å². The molecule has 2 N–H and O–H groups in total. The first kappa shape index (κ1) is 19.2. The lowest BCUT2D eigenvalue weighted by molar-refractivity contribution is 0.102. The number of hydrogen-bond donors (Lipinski definition) is 2. The molecule has 28 heavy (non-hydrogen) atoms. The van der Waals surface area contributed by atoms with Gasteiger partial charge in [0.25, 0.3) is 5.91 Å². The van der Waals surface area contributed by atoms with Crippen LogP contribution in [0.5, 0.6) is 11.5 Å². The molecular weight excluding hydrogens is 354 g/mol. The summed E-state index contributed by atoms with van der Waals surface area (Å²) in [6.45, 7) is 4.00. The molecule has 1 amide bonds. The van der Waals surface area contributed by atoms with Gasteiger partial charge in [0.2, 0.25) is 0 Å². The van der Waals surface area contributed by atoms with Gasteiger partial charge in [-0.25, -0.2) is 4.98 Å². The van der Waals surface area contributed by atoms with Gasteiger partial charge in [0.05, 0.1) is 31.8 Å². The number of carbonyl (C=O) groups excluding carboxylic acids is 1. The Bertz CT molecular complexity index is 985. The second-order valence-corrected chi connectivity index (χ2v) is 6.38. The van der Waals surface area contributed by atoms with Crippen LogP contribution in [0.2, 0.25) is 0 Å². The lowest BCUT2D eigenvalue weighted by atomic mass is 10.1. The first-order valence-corrected chi connectivity index (χ1v) is 8.84. The number of aromatic nitrogens is 1. The summed E-state index contributed by atoms with van der Waals surface area (Å²) in [5, 5.41) is 6.06. The number of amides is 1. The summed E-state index contributed by atoms with van der Waals surface area (Å²) in [4.78, 5) is 16.8. The Labute approximate surface area is 164 Å². The van der Waals surface area contributed by atoms with Crippen LogP contribution >= 0.6 is 0 Å². The molecule has 0 spiro atoms. The molecule has 0 radical (unpaired) electrons. The van der Waals surface area contributed by atoms with Gasteiger partial charge in [-0.2, -0.15) is 0 Å². The Kier molecular flexibility index (Phi) is 5.79. The van der Waals surface area contributed by atoms with Crippen molar-refractivity contribution in [2.24, 2.45) is 0 Å². The molecule has 0 aliphatic heterocycles. The Morgan fingerprint density at radius 1 is 0.929 bits per heavy atom. The van der Waals surface area contributed by atoms with Gasteiger partial charge in [0, 0.05) is 11.6 Å². The Hall–Kier alpha value is -3.54. The van der Waals surface area contributed by atoms with E-state index in [1.807, 2.05) is 50.2 Å². The molecule has 0 fully saturated rings. The zero-order chi connectivity index (χ0) is 20.1. The molecule has 6 heteroatoms.